The van der Waals surface area contributed by atoms with Gasteiger partial charge >= 0.3 is 0 Å². The van der Waals surface area contributed by atoms with Crippen LogP contribution in [0.5, 0.6) is 0 Å². The van der Waals surface area contributed by atoms with Crippen LogP contribution in [0, 0.1) is 0 Å². The Hall–Kier alpha value is 0.210. The van der Waals surface area contributed by atoms with Crippen molar-refractivity contribution in [2.75, 3.05) is 6.61 Å². The molecule has 0 radical (unpaired) electrons. The molecule has 0 unspecified atom stereocenters. The van der Waals surface area contributed by atoms with E-state index in [1.54, 1.807) is 0 Å². The van der Waals surface area contributed by atoms with E-state index < -0.39 is 0 Å². The van der Waals surface area contributed by atoms with E-state index in [-0.39, 0.29) is 24.2 Å². The number of ether oxygens (including phenoxy) is 1. The van der Waals surface area contributed by atoms with Gasteiger partial charge in [0.1, 0.15) is 0 Å². The lowest BCUT2D eigenvalue weighted by Gasteiger charge is -2.05. The number of aliphatic hydroxyl groups excluding tert-OH is 1. The second kappa shape index (κ2) is 2.86. The number of hydrogen-bond donors (Lipinski definition) is 1. The van der Waals surface area contributed by atoms with Gasteiger partial charge in [0.25, 0.3) is 0 Å². The molecular formula is C6H11ClO2. The van der Waals surface area contributed by atoms with Gasteiger partial charge in [-0.1, -0.05) is 0 Å². The fourth-order valence-electron chi connectivity index (χ4n) is 1.00. The van der Waals surface area contributed by atoms with E-state index in [1.807, 2.05) is 6.92 Å². The average molecular weight is 151 g/mol. The number of halogens is 1. The topological polar surface area (TPSA) is 29.5 Å². The Kier molecular flexibility index (Phi) is 2.33. The lowest BCUT2D eigenvalue weighted by atomic mass is 10.2. The van der Waals surface area contributed by atoms with Gasteiger partial charge in [-0.05, 0) is 13.3 Å². The normalized spacial score (nSPS) is 43.7. The van der Waals surface area contributed by atoms with Gasteiger partial charge in [-0.3, -0.25) is 0 Å². The number of hydrogen-bond acceptors (Lipinski definition) is 2. The second-order valence-corrected chi connectivity index (χ2v) is 2.96. The Morgan fingerprint density at radius 3 is 2.67 bits per heavy atom. The SMILES string of the molecule is C[C@@H]1O[C@H](CO)C[C@@H]1Cl. The van der Waals surface area contributed by atoms with E-state index in [0.29, 0.717) is 0 Å². The molecule has 0 aromatic heterocycles. The summed E-state index contributed by atoms with van der Waals surface area (Å²) in [6.45, 7) is 2.01. The third-order valence-electron chi connectivity index (χ3n) is 1.61. The summed E-state index contributed by atoms with van der Waals surface area (Å²) >= 11 is 5.80. The summed E-state index contributed by atoms with van der Waals surface area (Å²) in [7, 11) is 0. The number of alkyl halides is 1. The maximum absolute atomic E-state index is 8.62. The lowest BCUT2D eigenvalue weighted by Crippen LogP contribution is -2.12. The molecule has 3 atom stereocenters. The third kappa shape index (κ3) is 1.57. The standard InChI is InChI=1S/C6H11ClO2/c1-4-6(7)2-5(3-8)9-4/h4-6,8H,2-3H2,1H3/t4-,5-,6-/m0/s1. The Morgan fingerprint density at radius 1 is 1.78 bits per heavy atom. The van der Waals surface area contributed by atoms with Crippen LogP contribution in [-0.4, -0.2) is 29.3 Å². The molecule has 0 amide bonds. The predicted octanol–water partition coefficient (Wildman–Crippen LogP) is 0.763. The Morgan fingerprint density at radius 2 is 2.44 bits per heavy atom. The predicted molar refractivity (Wildman–Crippen MR) is 35.7 cm³/mol. The second-order valence-electron chi connectivity index (χ2n) is 2.40. The van der Waals surface area contributed by atoms with Gasteiger partial charge in [0.05, 0.1) is 24.2 Å². The molecule has 1 aliphatic heterocycles. The molecule has 1 N–H and O–H groups in total. The molecule has 2 nitrogen and oxygen atoms in total. The highest BCUT2D eigenvalue weighted by Crippen LogP contribution is 2.23. The first-order valence-electron chi connectivity index (χ1n) is 3.14. The van der Waals surface area contributed by atoms with E-state index >= 15 is 0 Å². The minimum absolute atomic E-state index is 0.0255. The van der Waals surface area contributed by atoms with Crippen LogP contribution in [0.2, 0.25) is 0 Å². The van der Waals surface area contributed by atoms with Crippen LogP contribution in [-0.2, 0) is 4.74 Å². The van der Waals surface area contributed by atoms with E-state index in [1.165, 1.54) is 0 Å². The van der Waals surface area contributed by atoms with Gasteiger partial charge in [0, 0.05) is 0 Å². The van der Waals surface area contributed by atoms with Crippen molar-refractivity contribution in [3.63, 3.8) is 0 Å². The highest BCUT2D eigenvalue weighted by atomic mass is 35.5. The van der Waals surface area contributed by atoms with Crippen LogP contribution < -0.4 is 0 Å². The fourth-order valence-corrected chi connectivity index (χ4v) is 1.26. The fraction of sp³-hybridized carbons (Fsp3) is 1.00. The van der Waals surface area contributed by atoms with Crippen LogP contribution in [0.15, 0.2) is 0 Å². The molecule has 0 aliphatic carbocycles. The van der Waals surface area contributed by atoms with Crippen LogP contribution in [0.3, 0.4) is 0 Å². The smallest absolute Gasteiger partial charge is 0.0825 e. The first-order chi connectivity index (χ1) is 4.24. The molecule has 1 aliphatic rings. The van der Waals surface area contributed by atoms with Gasteiger partial charge in [-0.15, -0.1) is 11.6 Å². The first-order valence-corrected chi connectivity index (χ1v) is 3.58. The molecule has 0 bridgehead atoms. The lowest BCUT2D eigenvalue weighted by molar-refractivity contribution is 0.0202. The van der Waals surface area contributed by atoms with Crippen LogP contribution in [0.25, 0.3) is 0 Å². The minimum atomic E-state index is -0.0255. The van der Waals surface area contributed by atoms with Crippen molar-refractivity contribution in [3.05, 3.63) is 0 Å². The first kappa shape index (κ1) is 7.32. The molecule has 0 spiro atoms. The molecular weight excluding hydrogens is 140 g/mol. The van der Waals surface area contributed by atoms with Crippen molar-refractivity contribution in [2.24, 2.45) is 0 Å². The Balaban J connectivity index is 2.35. The van der Waals surface area contributed by atoms with Gasteiger partial charge in [0.15, 0.2) is 0 Å². The quantitative estimate of drug-likeness (QED) is 0.560. The highest BCUT2D eigenvalue weighted by Gasteiger charge is 2.29. The monoisotopic (exact) mass is 150 g/mol. The molecule has 1 fully saturated rings. The average Bonchev–Trinajstić information content (AvgIpc) is 2.13. The molecule has 0 aromatic rings. The zero-order valence-electron chi connectivity index (χ0n) is 5.38. The molecule has 0 aromatic carbocycles. The zero-order valence-corrected chi connectivity index (χ0v) is 6.14. The largest absolute Gasteiger partial charge is 0.394 e. The summed E-state index contributed by atoms with van der Waals surface area (Å²) in [4.78, 5) is 0. The van der Waals surface area contributed by atoms with Crippen molar-refractivity contribution in [1.82, 2.24) is 0 Å². The summed E-state index contributed by atoms with van der Waals surface area (Å²) in [5, 5.41) is 8.70. The zero-order chi connectivity index (χ0) is 6.85. The van der Waals surface area contributed by atoms with Crippen molar-refractivity contribution >= 4 is 11.6 Å². The van der Waals surface area contributed by atoms with Crippen molar-refractivity contribution in [3.8, 4) is 0 Å². The molecule has 1 saturated heterocycles. The van der Waals surface area contributed by atoms with E-state index in [9.17, 15) is 0 Å². The van der Waals surface area contributed by atoms with Crippen LogP contribution >= 0.6 is 11.6 Å². The van der Waals surface area contributed by atoms with Crippen LogP contribution in [0.4, 0.5) is 0 Å². The maximum Gasteiger partial charge on any atom is 0.0825 e. The highest BCUT2D eigenvalue weighted by molar-refractivity contribution is 6.21. The summed E-state index contributed by atoms with van der Waals surface area (Å²) in [6.07, 6.45) is 0.852. The summed E-state index contributed by atoms with van der Waals surface area (Å²) in [5.41, 5.74) is 0. The van der Waals surface area contributed by atoms with Gasteiger partial charge in [-0.2, -0.15) is 0 Å². The van der Waals surface area contributed by atoms with Gasteiger partial charge in [-0.25, -0.2) is 0 Å². The molecule has 1 rings (SSSR count). The molecule has 0 saturated carbocycles. The van der Waals surface area contributed by atoms with Crippen molar-refractivity contribution in [1.29, 1.82) is 0 Å². The van der Waals surface area contributed by atoms with E-state index in [0.717, 1.165) is 6.42 Å². The number of aliphatic hydroxyl groups is 1. The summed E-state index contributed by atoms with van der Waals surface area (Å²) in [6, 6.07) is 0. The molecule has 9 heavy (non-hydrogen) atoms. The van der Waals surface area contributed by atoms with Crippen LogP contribution in [0.1, 0.15) is 13.3 Å². The molecule has 3 heteroatoms. The van der Waals surface area contributed by atoms with E-state index in [4.69, 9.17) is 21.4 Å². The van der Waals surface area contributed by atoms with Crippen molar-refractivity contribution < 1.29 is 9.84 Å². The number of rotatable bonds is 1. The molecule has 54 valence electrons. The minimum Gasteiger partial charge on any atom is -0.394 e. The Bertz CT molecular complexity index is 87.1. The van der Waals surface area contributed by atoms with Gasteiger partial charge in [0.2, 0.25) is 0 Å². The van der Waals surface area contributed by atoms with Gasteiger partial charge < -0.3 is 9.84 Å². The summed E-state index contributed by atoms with van der Waals surface area (Å²) in [5.74, 6) is 0. The van der Waals surface area contributed by atoms with Crippen molar-refractivity contribution in [2.45, 2.75) is 30.9 Å². The Labute approximate surface area is 59.8 Å². The van der Waals surface area contributed by atoms with E-state index in [2.05, 4.69) is 0 Å². The molecule has 1 heterocycles. The third-order valence-corrected chi connectivity index (χ3v) is 2.14. The summed E-state index contributed by atoms with van der Waals surface area (Å²) < 4.78 is 5.24. The maximum atomic E-state index is 8.62.